The molecule has 1 atom stereocenters. The summed E-state index contributed by atoms with van der Waals surface area (Å²) in [7, 11) is 1.90. The largest absolute Gasteiger partial charge is 0.352 e. The van der Waals surface area contributed by atoms with Gasteiger partial charge < -0.3 is 15.5 Å². The van der Waals surface area contributed by atoms with E-state index in [0.717, 1.165) is 30.4 Å². The van der Waals surface area contributed by atoms with Crippen LogP contribution in [0.4, 0.5) is 0 Å². The normalized spacial score (nSPS) is 17.5. The maximum atomic E-state index is 12.2. The predicted molar refractivity (Wildman–Crippen MR) is 89.8 cm³/mol. The van der Waals surface area contributed by atoms with Crippen LogP contribution in [0, 0.1) is 0 Å². The zero-order valence-corrected chi connectivity index (χ0v) is 14.4. The molecule has 1 aromatic carbocycles. The molecule has 1 fully saturated rings. The second-order valence-electron chi connectivity index (χ2n) is 5.45. The first-order chi connectivity index (χ1) is 10.6. The van der Waals surface area contributed by atoms with Crippen LogP contribution in [0.25, 0.3) is 0 Å². The molecule has 1 aromatic rings. The highest BCUT2D eigenvalue weighted by atomic mass is 79.9. The molecule has 2 N–H and O–H groups in total. The van der Waals surface area contributed by atoms with Crippen LogP contribution in [0.3, 0.4) is 0 Å². The second-order valence-corrected chi connectivity index (χ2v) is 6.37. The molecule has 1 unspecified atom stereocenters. The van der Waals surface area contributed by atoms with Crippen molar-refractivity contribution in [2.45, 2.75) is 25.3 Å². The van der Waals surface area contributed by atoms with Crippen molar-refractivity contribution in [2.75, 3.05) is 26.7 Å². The van der Waals surface area contributed by atoms with Crippen molar-refractivity contribution in [2.24, 2.45) is 0 Å². The number of nitrogens with one attached hydrogen (secondary N) is 2. The summed E-state index contributed by atoms with van der Waals surface area (Å²) in [5.41, 5.74) is 0.602. The lowest BCUT2D eigenvalue weighted by Crippen LogP contribution is -2.42. The van der Waals surface area contributed by atoms with Crippen LogP contribution < -0.4 is 10.6 Å². The van der Waals surface area contributed by atoms with Crippen LogP contribution in [0.2, 0.25) is 0 Å². The highest BCUT2D eigenvalue weighted by Gasteiger charge is 2.27. The number of likely N-dealkylation sites (tertiary alicyclic amines) is 1. The van der Waals surface area contributed by atoms with E-state index in [2.05, 4.69) is 26.6 Å². The van der Waals surface area contributed by atoms with Gasteiger partial charge in [-0.2, -0.15) is 0 Å². The van der Waals surface area contributed by atoms with Crippen LogP contribution in [0.5, 0.6) is 0 Å². The third-order valence-corrected chi connectivity index (χ3v) is 4.40. The molecule has 5 nitrogen and oxygen atoms in total. The smallest absolute Gasteiger partial charge is 0.251 e. The molecular weight excluding hydrogens is 346 g/mol. The SMILES string of the molecule is CNCC1CCCN1C(=O)CCNC(=O)c1ccc(Br)cc1. The highest BCUT2D eigenvalue weighted by molar-refractivity contribution is 9.10. The monoisotopic (exact) mass is 367 g/mol. The van der Waals surface area contributed by atoms with E-state index in [1.807, 2.05) is 24.1 Å². The summed E-state index contributed by atoms with van der Waals surface area (Å²) in [5, 5.41) is 5.93. The van der Waals surface area contributed by atoms with Gasteiger partial charge in [0.05, 0.1) is 0 Å². The molecule has 1 aliphatic rings. The molecule has 1 saturated heterocycles. The van der Waals surface area contributed by atoms with Gasteiger partial charge in [0.25, 0.3) is 5.91 Å². The number of nitrogens with zero attached hydrogens (tertiary/aromatic N) is 1. The Balaban J connectivity index is 1.77. The summed E-state index contributed by atoms with van der Waals surface area (Å²) < 4.78 is 0.934. The van der Waals surface area contributed by atoms with E-state index in [1.165, 1.54) is 0 Å². The lowest BCUT2D eigenvalue weighted by molar-refractivity contribution is -0.131. The van der Waals surface area contributed by atoms with Gasteiger partial charge in [-0.3, -0.25) is 9.59 Å². The Bertz CT molecular complexity index is 519. The predicted octanol–water partition coefficient (Wildman–Crippen LogP) is 1.78. The van der Waals surface area contributed by atoms with Gasteiger partial charge in [0.15, 0.2) is 0 Å². The summed E-state index contributed by atoms with van der Waals surface area (Å²) in [5.74, 6) is -0.0256. The van der Waals surface area contributed by atoms with Crippen molar-refractivity contribution in [3.05, 3.63) is 34.3 Å². The lowest BCUT2D eigenvalue weighted by Gasteiger charge is -2.24. The number of carbonyl (C=O) groups is 2. The van der Waals surface area contributed by atoms with Gasteiger partial charge in [0.1, 0.15) is 0 Å². The lowest BCUT2D eigenvalue weighted by atomic mass is 10.2. The summed E-state index contributed by atoms with van der Waals surface area (Å²) >= 11 is 3.34. The third-order valence-electron chi connectivity index (χ3n) is 3.87. The van der Waals surface area contributed by atoms with Gasteiger partial charge in [-0.1, -0.05) is 15.9 Å². The molecule has 0 aromatic heterocycles. The minimum absolute atomic E-state index is 0.119. The minimum Gasteiger partial charge on any atom is -0.352 e. The van der Waals surface area contributed by atoms with E-state index in [1.54, 1.807) is 12.1 Å². The van der Waals surface area contributed by atoms with E-state index in [0.29, 0.717) is 24.6 Å². The molecular formula is C16H22BrN3O2. The molecule has 6 heteroatoms. The Hall–Kier alpha value is -1.40. The molecule has 0 spiro atoms. The van der Waals surface area contributed by atoms with Gasteiger partial charge in [-0.15, -0.1) is 0 Å². The Labute approximate surface area is 139 Å². The van der Waals surface area contributed by atoms with Crippen LogP contribution in [-0.4, -0.2) is 49.4 Å². The van der Waals surface area contributed by atoms with Crippen LogP contribution in [0.1, 0.15) is 29.6 Å². The molecule has 22 heavy (non-hydrogen) atoms. The van der Waals surface area contributed by atoms with Crippen molar-refractivity contribution < 1.29 is 9.59 Å². The van der Waals surface area contributed by atoms with Crippen LogP contribution in [0.15, 0.2) is 28.7 Å². The first kappa shape index (κ1) is 17.0. The zero-order valence-electron chi connectivity index (χ0n) is 12.8. The van der Waals surface area contributed by atoms with E-state index in [-0.39, 0.29) is 11.8 Å². The fraction of sp³-hybridized carbons (Fsp3) is 0.500. The van der Waals surface area contributed by atoms with Gasteiger partial charge in [-0.05, 0) is 44.2 Å². The molecule has 2 rings (SSSR count). The summed E-state index contributed by atoms with van der Waals surface area (Å²) in [6, 6.07) is 7.45. The van der Waals surface area contributed by atoms with E-state index >= 15 is 0 Å². The Morgan fingerprint density at radius 3 is 2.73 bits per heavy atom. The average molecular weight is 368 g/mol. The van der Waals surface area contributed by atoms with Crippen LogP contribution >= 0.6 is 15.9 Å². The molecule has 0 saturated carbocycles. The standard InChI is InChI=1S/C16H22BrN3O2/c1-18-11-14-3-2-10-20(14)15(21)8-9-19-16(22)12-4-6-13(17)7-5-12/h4-7,14,18H,2-3,8-11H2,1H3,(H,19,22). The Morgan fingerprint density at radius 2 is 2.05 bits per heavy atom. The highest BCUT2D eigenvalue weighted by Crippen LogP contribution is 2.17. The van der Waals surface area contributed by atoms with Crippen molar-refractivity contribution in [3.63, 3.8) is 0 Å². The summed E-state index contributed by atoms with van der Waals surface area (Å²) in [4.78, 5) is 26.1. The quantitative estimate of drug-likeness (QED) is 0.805. The molecule has 2 amide bonds. The topological polar surface area (TPSA) is 61.4 Å². The number of hydrogen-bond donors (Lipinski definition) is 2. The van der Waals surface area contributed by atoms with Gasteiger partial charge in [0, 0.05) is 42.1 Å². The van der Waals surface area contributed by atoms with Crippen LogP contribution in [-0.2, 0) is 4.79 Å². The fourth-order valence-electron chi connectivity index (χ4n) is 2.74. The van der Waals surface area contributed by atoms with E-state index in [9.17, 15) is 9.59 Å². The molecule has 0 bridgehead atoms. The number of amides is 2. The van der Waals surface area contributed by atoms with Gasteiger partial charge in [0.2, 0.25) is 5.91 Å². The summed E-state index contributed by atoms with van der Waals surface area (Å²) in [6.45, 7) is 2.03. The van der Waals surface area contributed by atoms with Crippen molar-refractivity contribution >= 4 is 27.7 Å². The zero-order chi connectivity index (χ0) is 15.9. The molecule has 120 valence electrons. The number of benzene rings is 1. The Morgan fingerprint density at radius 1 is 1.32 bits per heavy atom. The average Bonchev–Trinajstić information content (AvgIpc) is 2.96. The minimum atomic E-state index is -0.145. The maximum Gasteiger partial charge on any atom is 0.251 e. The first-order valence-electron chi connectivity index (χ1n) is 7.59. The number of carbonyl (C=O) groups excluding carboxylic acids is 2. The molecule has 1 heterocycles. The maximum absolute atomic E-state index is 12.2. The number of likely N-dealkylation sites (N-methyl/N-ethyl adjacent to an activating group) is 1. The number of halogens is 1. The molecule has 1 aliphatic heterocycles. The number of rotatable bonds is 6. The van der Waals surface area contributed by atoms with E-state index < -0.39 is 0 Å². The first-order valence-corrected chi connectivity index (χ1v) is 8.39. The number of hydrogen-bond acceptors (Lipinski definition) is 3. The van der Waals surface area contributed by atoms with Crippen molar-refractivity contribution in [1.29, 1.82) is 0 Å². The third kappa shape index (κ3) is 4.55. The Kier molecular flexibility index (Phi) is 6.39. The van der Waals surface area contributed by atoms with E-state index in [4.69, 9.17) is 0 Å². The van der Waals surface area contributed by atoms with Crippen molar-refractivity contribution in [3.8, 4) is 0 Å². The molecule has 0 aliphatic carbocycles. The van der Waals surface area contributed by atoms with Crippen molar-refractivity contribution in [1.82, 2.24) is 15.5 Å². The second kappa shape index (κ2) is 8.29. The fourth-order valence-corrected chi connectivity index (χ4v) is 3.01. The summed E-state index contributed by atoms with van der Waals surface area (Å²) in [6.07, 6.45) is 2.46. The van der Waals surface area contributed by atoms with Gasteiger partial charge in [-0.25, -0.2) is 0 Å². The van der Waals surface area contributed by atoms with Gasteiger partial charge >= 0.3 is 0 Å². The molecule has 0 radical (unpaired) electrons.